The molecule has 0 N–H and O–H groups in total. The van der Waals surface area contributed by atoms with E-state index >= 15 is 0 Å². The van der Waals surface area contributed by atoms with E-state index in [1.54, 1.807) is 30.5 Å². The van der Waals surface area contributed by atoms with Crippen molar-refractivity contribution in [2.75, 3.05) is 6.61 Å². The van der Waals surface area contributed by atoms with E-state index in [1.165, 1.54) is 16.3 Å². The van der Waals surface area contributed by atoms with Crippen LogP contribution < -0.4 is 0 Å². The molecule has 1 atom stereocenters. The number of amides is 1. The molecule has 0 bridgehead atoms. The molecule has 1 aliphatic heterocycles. The van der Waals surface area contributed by atoms with Gasteiger partial charge in [-0.25, -0.2) is 5.01 Å². The molecule has 3 heterocycles. The van der Waals surface area contributed by atoms with Crippen LogP contribution in [0.15, 0.2) is 69.7 Å². The van der Waals surface area contributed by atoms with Gasteiger partial charge in [-0.15, -0.1) is 11.3 Å². The zero-order chi connectivity index (χ0) is 20.2. The molecule has 2 aromatic heterocycles. The largest absolute Gasteiger partial charge is 0.467 e. The van der Waals surface area contributed by atoms with E-state index < -0.39 is 11.9 Å². The Bertz CT molecular complexity index is 1010. The first-order chi connectivity index (χ1) is 14.1. The number of esters is 1. The minimum atomic E-state index is -0.448. The maximum atomic E-state index is 12.8. The average molecular weight is 429 g/mol. The van der Waals surface area contributed by atoms with E-state index in [0.29, 0.717) is 17.2 Å². The lowest BCUT2D eigenvalue weighted by atomic mass is 10.0. The van der Waals surface area contributed by atoms with Gasteiger partial charge in [-0.1, -0.05) is 29.8 Å². The van der Waals surface area contributed by atoms with Crippen molar-refractivity contribution in [1.82, 2.24) is 5.01 Å². The van der Waals surface area contributed by atoms with Gasteiger partial charge in [-0.05, 0) is 41.3 Å². The van der Waals surface area contributed by atoms with Gasteiger partial charge in [0.05, 0.1) is 18.4 Å². The Morgan fingerprint density at radius 1 is 1.21 bits per heavy atom. The zero-order valence-electron chi connectivity index (χ0n) is 15.3. The summed E-state index contributed by atoms with van der Waals surface area (Å²) >= 11 is 7.43. The number of hydrazone groups is 1. The maximum absolute atomic E-state index is 12.8. The van der Waals surface area contributed by atoms with Crippen LogP contribution in [0.3, 0.4) is 0 Å². The number of carbonyl (C=O) groups is 2. The number of carbonyl (C=O) groups excluding carboxylic acids is 2. The smallest absolute Gasteiger partial charge is 0.311 e. The van der Waals surface area contributed by atoms with E-state index in [0.717, 1.165) is 16.2 Å². The molecule has 0 saturated heterocycles. The number of ether oxygens (including phenoxy) is 1. The minimum absolute atomic E-state index is 0.145. The summed E-state index contributed by atoms with van der Waals surface area (Å²) in [4.78, 5) is 25.7. The monoisotopic (exact) mass is 428 g/mol. The molecule has 4 rings (SSSR count). The molecule has 3 aromatic rings. The highest BCUT2D eigenvalue weighted by Crippen LogP contribution is 2.33. The van der Waals surface area contributed by atoms with Crippen LogP contribution in [0.1, 0.15) is 28.7 Å². The second-order valence-corrected chi connectivity index (χ2v) is 7.91. The van der Waals surface area contributed by atoms with Gasteiger partial charge in [0.15, 0.2) is 6.61 Å². The Morgan fingerprint density at radius 3 is 2.72 bits per heavy atom. The third-order valence-electron chi connectivity index (χ3n) is 4.47. The highest BCUT2D eigenvalue weighted by Gasteiger charge is 2.35. The first kappa shape index (κ1) is 19.4. The van der Waals surface area contributed by atoms with Crippen LogP contribution in [0.25, 0.3) is 0 Å². The Balaban J connectivity index is 1.47. The van der Waals surface area contributed by atoms with Crippen molar-refractivity contribution < 1.29 is 18.7 Å². The molecule has 1 aliphatic rings. The van der Waals surface area contributed by atoms with Crippen molar-refractivity contribution in [1.29, 1.82) is 0 Å². The molecule has 0 radical (unpaired) electrons. The zero-order valence-corrected chi connectivity index (χ0v) is 16.9. The van der Waals surface area contributed by atoms with Crippen LogP contribution in [-0.2, 0) is 20.7 Å². The number of furan rings is 1. The lowest BCUT2D eigenvalue weighted by Crippen LogP contribution is -2.31. The van der Waals surface area contributed by atoms with Crippen molar-refractivity contribution in [3.8, 4) is 0 Å². The molecule has 8 heteroatoms. The molecular formula is C21H17ClN2O4S. The molecule has 6 nitrogen and oxygen atoms in total. The minimum Gasteiger partial charge on any atom is -0.467 e. The van der Waals surface area contributed by atoms with Gasteiger partial charge in [0, 0.05) is 16.3 Å². The van der Waals surface area contributed by atoms with Crippen molar-refractivity contribution in [2.45, 2.75) is 18.9 Å². The molecule has 0 spiro atoms. The standard InChI is InChI=1S/C21H17ClN2O4S/c22-15-7-5-14(6-8-15)17-12-18(19-4-1-9-27-19)24(23-17)20(25)13-28-21(26)11-16-3-2-10-29-16/h1-10,18H,11-13H2/t18-/m1/s1. The summed E-state index contributed by atoms with van der Waals surface area (Å²) in [7, 11) is 0. The normalized spacial score (nSPS) is 16.0. The molecule has 1 aromatic carbocycles. The van der Waals surface area contributed by atoms with Gasteiger partial charge < -0.3 is 9.15 Å². The Labute approximate surface area is 176 Å². The molecule has 0 aliphatic carbocycles. The molecule has 29 heavy (non-hydrogen) atoms. The quantitative estimate of drug-likeness (QED) is 0.543. The van der Waals surface area contributed by atoms with Gasteiger partial charge in [0.1, 0.15) is 11.8 Å². The lowest BCUT2D eigenvalue weighted by Gasteiger charge is -2.19. The molecule has 0 fully saturated rings. The third-order valence-corrected chi connectivity index (χ3v) is 5.60. The topological polar surface area (TPSA) is 72.1 Å². The fourth-order valence-corrected chi connectivity index (χ4v) is 3.89. The third kappa shape index (κ3) is 4.58. The predicted molar refractivity (Wildman–Crippen MR) is 110 cm³/mol. The van der Waals surface area contributed by atoms with Crippen molar-refractivity contribution >= 4 is 40.5 Å². The van der Waals surface area contributed by atoms with E-state index in [2.05, 4.69) is 5.10 Å². The first-order valence-corrected chi connectivity index (χ1v) is 10.2. The lowest BCUT2D eigenvalue weighted by molar-refractivity contribution is -0.152. The van der Waals surface area contributed by atoms with Crippen LogP contribution in [0.4, 0.5) is 0 Å². The Hall–Kier alpha value is -2.90. The number of hydrogen-bond donors (Lipinski definition) is 0. The molecule has 1 amide bonds. The number of rotatable bonds is 6. The van der Waals surface area contributed by atoms with E-state index in [4.69, 9.17) is 20.8 Å². The average Bonchev–Trinajstić information content (AvgIpc) is 3.47. The summed E-state index contributed by atoms with van der Waals surface area (Å²) in [6.07, 6.45) is 2.19. The molecule has 0 unspecified atom stereocenters. The summed E-state index contributed by atoms with van der Waals surface area (Å²) in [5.74, 6) is -0.234. The molecule has 148 valence electrons. The maximum Gasteiger partial charge on any atom is 0.311 e. The molecular weight excluding hydrogens is 412 g/mol. The van der Waals surface area contributed by atoms with E-state index in [-0.39, 0.29) is 19.1 Å². The van der Waals surface area contributed by atoms with Crippen molar-refractivity contribution in [2.24, 2.45) is 5.10 Å². The summed E-state index contributed by atoms with van der Waals surface area (Å²) in [5, 5.41) is 8.33. The van der Waals surface area contributed by atoms with Gasteiger partial charge in [0.2, 0.25) is 0 Å². The number of nitrogens with zero attached hydrogens (tertiary/aromatic N) is 2. The summed E-state index contributed by atoms with van der Waals surface area (Å²) in [6.45, 7) is -0.376. The predicted octanol–water partition coefficient (Wildman–Crippen LogP) is 4.46. The second-order valence-electron chi connectivity index (χ2n) is 6.44. The van der Waals surface area contributed by atoms with Crippen LogP contribution >= 0.6 is 22.9 Å². The second kappa shape index (κ2) is 8.63. The highest BCUT2D eigenvalue weighted by molar-refractivity contribution is 7.10. The summed E-state index contributed by atoms with van der Waals surface area (Å²) < 4.78 is 10.7. The first-order valence-electron chi connectivity index (χ1n) is 8.97. The van der Waals surface area contributed by atoms with Crippen molar-refractivity contribution in [3.05, 3.63) is 81.4 Å². The van der Waals surface area contributed by atoms with Gasteiger partial charge in [-0.3, -0.25) is 9.59 Å². The fraction of sp³-hybridized carbons (Fsp3) is 0.190. The summed E-state index contributed by atoms with van der Waals surface area (Å²) in [5.41, 5.74) is 1.61. The highest BCUT2D eigenvalue weighted by atomic mass is 35.5. The number of thiophene rings is 1. The fourth-order valence-electron chi connectivity index (χ4n) is 3.07. The number of hydrogen-bond acceptors (Lipinski definition) is 6. The number of halogens is 1. The van der Waals surface area contributed by atoms with Crippen LogP contribution in [0.5, 0.6) is 0 Å². The van der Waals surface area contributed by atoms with E-state index in [1.807, 2.05) is 29.6 Å². The van der Waals surface area contributed by atoms with Crippen LogP contribution in [0, 0.1) is 0 Å². The van der Waals surface area contributed by atoms with Crippen LogP contribution in [0.2, 0.25) is 5.02 Å². The Kier molecular flexibility index (Phi) is 5.78. The number of benzene rings is 1. The SMILES string of the molecule is O=C(Cc1cccs1)OCC(=O)N1N=C(c2ccc(Cl)cc2)C[C@@H]1c1ccco1. The van der Waals surface area contributed by atoms with Gasteiger partial charge in [0.25, 0.3) is 5.91 Å². The van der Waals surface area contributed by atoms with Gasteiger partial charge in [-0.2, -0.15) is 5.10 Å². The van der Waals surface area contributed by atoms with E-state index in [9.17, 15) is 9.59 Å². The Morgan fingerprint density at radius 2 is 2.03 bits per heavy atom. The van der Waals surface area contributed by atoms with Gasteiger partial charge >= 0.3 is 5.97 Å². The molecule has 0 saturated carbocycles. The van der Waals surface area contributed by atoms with Crippen LogP contribution in [-0.4, -0.2) is 29.2 Å². The summed E-state index contributed by atoms with van der Waals surface area (Å²) in [6, 6.07) is 14.2. The van der Waals surface area contributed by atoms with Crippen molar-refractivity contribution in [3.63, 3.8) is 0 Å².